The summed E-state index contributed by atoms with van der Waals surface area (Å²) in [5.74, 6) is -1.73. The predicted molar refractivity (Wildman–Crippen MR) is 117 cm³/mol. The van der Waals surface area contributed by atoms with Crippen molar-refractivity contribution < 1.29 is 22.7 Å². The minimum Gasteiger partial charge on any atom is -0.501 e. The molecule has 3 aliphatic rings. The molecule has 2 aliphatic heterocycles. The first-order valence-electron chi connectivity index (χ1n) is 10.6. The highest BCUT2D eigenvalue weighted by Gasteiger charge is 2.47. The molecular formula is C21H26FN5O5S. The summed E-state index contributed by atoms with van der Waals surface area (Å²) in [5, 5.41) is 13.1. The first-order valence-corrected chi connectivity index (χ1v) is 12.0. The summed E-state index contributed by atoms with van der Waals surface area (Å²) in [6.45, 7) is 0.316. The van der Waals surface area contributed by atoms with Gasteiger partial charge < -0.3 is 10.4 Å². The molecule has 5 rings (SSSR count). The number of carbonyl (C=O) groups excluding carboxylic acids is 1. The summed E-state index contributed by atoms with van der Waals surface area (Å²) >= 11 is 0. The Morgan fingerprint density at radius 1 is 1.27 bits per heavy atom. The van der Waals surface area contributed by atoms with E-state index in [2.05, 4.69) is 15.0 Å². The number of amides is 1. The van der Waals surface area contributed by atoms with Crippen molar-refractivity contribution in [3.63, 3.8) is 0 Å². The van der Waals surface area contributed by atoms with E-state index in [-0.39, 0.29) is 24.8 Å². The van der Waals surface area contributed by atoms with Crippen molar-refractivity contribution in [3.05, 3.63) is 57.5 Å². The third-order valence-corrected chi connectivity index (χ3v) is 7.97. The van der Waals surface area contributed by atoms with Gasteiger partial charge >= 0.3 is 0 Å². The average molecular weight is 480 g/mol. The van der Waals surface area contributed by atoms with E-state index in [1.54, 1.807) is 0 Å². The summed E-state index contributed by atoms with van der Waals surface area (Å²) in [5.41, 5.74) is -1.81. The number of fused-ring (bicyclic) bond motifs is 2. The molecule has 0 spiro atoms. The van der Waals surface area contributed by atoms with E-state index >= 15 is 0 Å². The molecule has 12 heteroatoms. The van der Waals surface area contributed by atoms with Crippen LogP contribution in [0.5, 0.6) is 5.75 Å². The Balaban J connectivity index is 1.73. The van der Waals surface area contributed by atoms with Gasteiger partial charge in [-0.3, -0.25) is 14.2 Å². The van der Waals surface area contributed by atoms with Gasteiger partial charge in [0.05, 0.1) is 5.54 Å². The highest BCUT2D eigenvalue weighted by atomic mass is 32.2. The number of aromatic hydroxyl groups is 1. The topological polar surface area (TPSA) is 134 Å². The molecule has 0 unspecified atom stereocenters. The largest absolute Gasteiger partial charge is 0.501 e. The van der Waals surface area contributed by atoms with Crippen LogP contribution in [0, 0.1) is 11.7 Å². The maximum Gasteiger partial charge on any atom is 0.296 e. The standard InChI is InChI=1S/C21H26FN5O5S/c1-26(2)33(31,32)25-21-9-7-14(8-10-21)12-27-19(30)17(28)16(24-20(21)27)18(29)23-11-13-3-5-15(22)6-4-13/h3-6,14,25,28H,7-12H2,1-2H3,(H,23,29). The maximum atomic E-state index is 13.1. The van der Waals surface area contributed by atoms with Crippen molar-refractivity contribution in [2.45, 2.75) is 44.3 Å². The molecule has 0 atom stereocenters. The fourth-order valence-corrected chi connectivity index (χ4v) is 5.40. The number of halogens is 1. The molecule has 1 aromatic heterocycles. The van der Waals surface area contributed by atoms with Gasteiger partial charge in [-0.1, -0.05) is 12.1 Å². The van der Waals surface area contributed by atoms with Crippen LogP contribution in [-0.4, -0.2) is 47.4 Å². The van der Waals surface area contributed by atoms with Crippen LogP contribution in [0.25, 0.3) is 0 Å². The number of nitrogens with one attached hydrogen (secondary N) is 2. The molecule has 1 amide bonds. The van der Waals surface area contributed by atoms with Gasteiger partial charge in [-0.05, 0) is 49.3 Å². The monoisotopic (exact) mass is 479 g/mol. The van der Waals surface area contributed by atoms with Crippen molar-refractivity contribution in [1.29, 1.82) is 0 Å². The molecule has 1 aromatic carbocycles. The highest BCUT2D eigenvalue weighted by molar-refractivity contribution is 7.87. The first-order chi connectivity index (χ1) is 15.5. The number of carbonyl (C=O) groups is 1. The lowest BCUT2D eigenvalue weighted by molar-refractivity contribution is 0.0941. The number of nitrogens with zero attached hydrogens (tertiary/aromatic N) is 3. The summed E-state index contributed by atoms with van der Waals surface area (Å²) < 4.78 is 43.5. The molecule has 2 aromatic rings. The lowest BCUT2D eigenvalue weighted by atomic mass is 9.78. The lowest BCUT2D eigenvalue weighted by Gasteiger charge is -2.37. The zero-order valence-corrected chi connectivity index (χ0v) is 19.2. The molecule has 10 nitrogen and oxygen atoms in total. The Morgan fingerprint density at radius 3 is 2.52 bits per heavy atom. The SMILES string of the molecule is CN(C)S(=O)(=O)NC12CCC(CC1)Cn1c2nc(C(=O)NCc2ccc(F)cc2)c(O)c1=O. The van der Waals surface area contributed by atoms with Gasteiger partial charge in [-0.15, -0.1) is 0 Å². The molecule has 0 saturated heterocycles. The van der Waals surface area contributed by atoms with Crippen LogP contribution < -0.4 is 15.6 Å². The highest BCUT2D eigenvalue weighted by Crippen LogP contribution is 2.43. The van der Waals surface area contributed by atoms with Crippen molar-refractivity contribution in [3.8, 4) is 5.75 Å². The lowest BCUT2D eigenvalue weighted by Crippen LogP contribution is -2.52. The number of benzene rings is 1. The average Bonchev–Trinajstić information content (AvgIpc) is 3.01. The van der Waals surface area contributed by atoms with Gasteiger partial charge in [0.2, 0.25) is 5.75 Å². The van der Waals surface area contributed by atoms with Crippen LogP contribution in [0.2, 0.25) is 0 Å². The predicted octanol–water partition coefficient (Wildman–Crippen LogP) is 0.813. The Labute approximate surface area is 190 Å². The second kappa shape index (κ2) is 8.50. The fourth-order valence-electron chi connectivity index (χ4n) is 4.43. The van der Waals surface area contributed by atoms with Crippen LogP contribution in [0.4, 0.5) is 4.39 Å². The van der Waals surface area contributed by atoms with E-state index in [0.717, 1.165) is 4.31 Å². The van der Waals surface area contributed by atoms with Gasteiger partial charge in [0.15, 0.2) is 5.69 Å². The minimum atomic E-state index is -3.87. The fraction of sp³-hybridized carbons (Fsp3) is 0.476. The number of hydrogen-bond donors (Lipinski definition) is 3. The molecule has 2 bridgehead atoms. The van der Waals surface area contributed by atoms with E-state index < -0.39 is 44.5 Å². The van der Waals surface area contributed by atoms with Crippen molar-refractivity contribution in [2.24, 2.45) is 5.92 Å². The van der Waals surface area contributed by atoms with E-state index in [0.29, 0.717) is 31.2 Å². The third kappa shape index (κ3) is 4.37. The van der Waals surface area contributed by atoms with Crippen molar-refractivity contribution >= 4 is 16.1 Å². The third-order valence-electron chi connectivity index (χ3n) is 6.36. The number of rotatable bonds is 6. The van der Waals surface area contributed by atoms with Crippen LogP contribution >= 0.6 is 0 Å². The van der Waals surface area contributed by atoms with Crippen molar-refractivity contribution in [2.75, 3.05) is 14.1 Å². The molecule has 1 saturated carbocycles. The second-order valence-corrected chi connectivity index (χ2v) is 10.7. The number of hydrogen-bond acceptors (Lipinski definition) is 6. The summed E-state index contributed by atoms with van der Waals surface area (Å²) in [6, 6.07) is 5.50. The van der Waals surface area contributed by atoms with E-state index in [4.69, 9.17) is 0 Å². The van der Waals surface area contributed by atoms with Crippen LogP contribution in [0.15, 0.2) is 29.1 Å². The Kier molecular flexibility index (Phi) is 6.01. The zero-order chi connectivity index (χ0) is 24.0. The molecule has 1 aliphatic carbocycles. The molecule has 3 N–H and O–H groups in total. The van der Waals surface area contributed by atoms with Crippen LogP contribution in [0.3, 0.4) is 0 Å². The minimum absolute atomic E-state index is 0.0269. The Bertz CT molecular complexity index is 1230. The van der Waals surface area contributed by atoms with Crippen LogP contribution in [-0.2, 0) is 28.8 Å². The molecule has 1 fully saturated rings. The van der Waals surface area contributed by atoms with Gasteiger partial charge in [0.25, 0.3) is 21.7 Å². The maximum absolute atomic E-state index is 13.1. The van der Waals surface area contributed by atoms with Gasteiger partial charge in [-0.2, -0.15) is 17.4 Å². The summed E-state index contributed by atoms with van der Waals surface area (Å²) in [4.78, 5) is 30.2. The van der Waals surface area contributed by atoms with Gasteiger partial charge in [-0.25, -0.2) is 9.37 Å². The Hall–Kier alpha value is -2.83. The smallest absolute Gasteiger partial charge is 0.296 e. The molecule has 3 heterocycles. The van der Waals surface area contributed by atoms with Crippen molar-refractivity contribution in [1.82, 2.24) is 23.9 Å². The first kappa shape index (κ1) is 23.3. The Morgan fingerprint density at radius 2 is 1.91 bits per heavy atom. The molecule has 178 valence electrons. The normalized spacial score (nSPS) is 22.1. The van der Waals surface area contributed by atoms with Gasteiger partial charge in [0.1, 0.15) is 11.6 Å². The van der Waals surface area contributed by atoms with Crippen LogP contribution in [0.1, 0.15) is 47.6 Å². The molecule has 0 radical (unpaired) electrons. The van der Waals surface area contributed by atoms with E-state index in [1.165, 1.54) is 42.9 Å². The summed E-state index contributed by atoms with van der Waals surface area (Å²) in [6.07, 6.45) is 2.17. The number of aromatic nitrogens is 2. The summed E-state index contributed by atoms with van der Waals surface area (Å²) in [7, 11) is -1.08. The van der Waals surface area contributed by atoms with E-state index in [1.807, 2.05) is 0 Å². The molecular weight excluding hydrogens is 453 g/mol. The molecule has 33 heavy (non-hydrogen) atoms. The second-order valence-electron chi connectivity index (χ2n) is 8.77. The quantitative estimate of drug-likeness (QED) is 0.562. The van der Waals surface area contributed by atoms with Gasteiger partial charge in [0, 0.05) is 27.2 Å². The zero-order valence-electron chi connectivity index (χ0n) is 18.3. The van der Waals surface area contributed by atoms with E-state index in [9.17, 15) is 27.5 Å².